The summed E-state index contributed by atoms with van der Waals surface area (Å²) in [6, 6.07) is 4.18. The zero-order chi connectivity index (χ0) is 17.6. The molecule has 0 radical (unpaired) electrons. The van der Waals surface area contributed by atoms with E-state index in [-0.39, 0.29) is 0 Å². The molecule has 0 N–H and O–H groups in total. The Morgan fingerprint density at radius 3 is 1.54 bits per heavy atom. The third kappa shape index (κ3) is 4.79. The standard InChI is InChI=1S/C19H27F2P.ClH.Pd/c1-22(17-8-4-2-5-9-17,18-10-6-3-7-11-18)19-13-15(20)12-16(21)14-19;;/h12-14,17-18H,1-11H2;1H;/q;;+2/p-1. The molecule has 0 saturated heterocycles. The van der Waals surface area contributed by atoms with Crippen LogP contribution in [0.3, 0.4) is 0 Å². The van der Waals surface area contributed by atoms with Crippen LogP contribution in [0.2, 0.25) is 0 Å². The fraction of sp³-hybridized carbons (Fsp3) is 0.632. The molecule has 5 heteroatoms. The van der Waals surface area contributed by atoms with Crippen molar-refractivity contribution in [2.75, 3.05) is 0 Å². The van der Waals surface area contributed by atoms with Gasteiger partial charge in [0.25, 0.3) is 0 Å². The van der Waals surface area contributed by atoms with Crippen molar-refractivity contribution >= 4 is 22.1 Å². The van der Waals surface area contributed by atoms with Crippen LogP contribution in [-0.4, -0.2) is 11.3 Å². The fourth-order valence-electron chi connectivity index (χ4n) is 4.58. The second-order valence-corrected chi connectivity index (χ2v) is 11.0. The maximum absolute atomic E-state index is 13.8. The van der Waals surface area contributed by atoms with E-state index >= 15 is 0 Å². The van der Waals surface area contributed by atoms with Crippen molar-refractivity contribution < 1.29 is 27.0 Å². The first-order valence-corrected chi connectivity index (χ1v) is 13.0. The van der Waals surface area contributed by atoms with E-state index in [2.05, 4.69) is 27.7 Å². The minimum absolute atomic E-state index is 0.436. The predicted octanol–water partition coefficient (Wildman–Crippen LogP) is 6.75. The Morgan fingerprint density at radius 2 is 1.17 bits per heavy atom. The quantitative estimate of drug-likeness (QED) is 0.263. The first-order valence-electron chi connectivity index (χ1n) is 8.92. The minimum atomic E-state index is -1.76. The van der Waals surface area contributed by atoms with Gasteiger partial charge in [0.2, 0.25) is 0 Å². The van der Waals surface area contributed by atoms with Crippen molar-refractivity contribution in [1.29, 1.82) is 0 Å². The summed E-state index contributed by atoms with van der Waals surface area (Å²) in [5.41, 5.74) is 1.15. The van der Waals surface area contributed by atoms with Crippen LogP contribution in [0.25, 0.3) is 0 Å². The molecule has 2 aliphatic carbocycles. The van der Waals surface area contributed by atoms with Crippen LogP contribution in [0.15, 0.2) is 18.2 Å². The van der Waals surface area contributed by atoms with Gasteiger partial charge in [0.05, 0.1) is 5.30 Å². The zero-order valence-electron chi connectivity index (χ0n) is 14.1. The summed E-state index contributed by atoms with van der Waals surface area (Å²) >= 11 is 2.22. The van der Waals surface area contributed by atoms with Gasteiger partial charge in [-0.25, -0.2) is 8.78 Å². The van der Waals surface area contributed by atoms with E-state index in [1.54, 1.807) is 12.1 Å². The van der Waals surface area contributed by atoms with Crippen LogP contribution in [0.4, 0.5) is 8.78 Å². The average Bonchev–Trinajstić information content (AvgIpc) is 2.63. The number of benzene rings is 1. The molecule has 1 aromatic rings. The van der Waals surface area contributed by atoms with Crippen LogP contribution in [0.1, 0.15) is 64.2 Å². The molecule has 0 amide bonds. The van der Waals surface area contributed by atoms with Gasteiger partial charge in [-0.1, -0.05) is 20.1 Å². The Morgan fingerprint density at radius 1 is 0.792 bits per heavy atom. The van der Waals surface area contributed by atoms with Gasteiger partial charge in [0.1, 0.15) is 11.6 Å². The Balaban J connectivity index is 0.00000100. The SMILES string of the molecule is [CH2-][P+](c1cc(F)cc(F)c1)(C1CCCCC1)C1CCCCC1.[Cl][Pd+]. The Bertz CT molecular complexity index is 476. The van der Waals surface area contributed by atoms with Gasteiger partial charge in [0.15, 0.2) is 0 Å². The molecule has 2 fully saturated rings. The molecular formula is C19H27ClF2PPd+. The topological polar surface area (TPSA) is 0 Å². The average molecular weight is 466 g/mol. The van der Waals surface area contributed by atoms with E-state index in [1.807, 2.05) is 0 Å². The molecule has 3 rings (SSSR count). The summed E-state index contributed by atoms with van der Waals surface area (Å²) in [6.45, 7) is 4.75. The fourth-order valence-corrected chi connectivity index (χ4v) is 9.32. The molecule has 138 valence electrons. The van der Waals surface area contributed by atoms with Crippen LogP contribution < -0.4 is 5.30 Å². The van der Waals surface area contributed by atoms with Crippen molar-refractivity contribution in [3.8, 4) is 0 Å². The van der Waals surface area contributed by atoms with Gasteiger partial charge in [-0.2, -0.15) is 6.66 Å². The van der Waals surface area contributed by atoms with Gasteiger partial charge in [0, 0.05) is 29.5 Å². The molecule has 24 heavy (non-hydrogen) atoms. The predicted molar refractivity (Wildman–Crippen MR) is 97.9 cm³/mol. The summed E-state index contributed by atoms with van der Waals surface area (Å²) in [4.78, 5) is 0. The summed E-state index contributed by atoms with van der Waals surface area (Å²) in [7, 11) is 2.73. The monoisotopic (exact) mass is 465 g/mol. The van der Waals surface area contributed by atoms with Gasteiger partial charge >= 0.3 is 27.7 Å². The second-order valence-electron chi connectivity index (χ2n) is 7.14. The molecule has 0 atom stereocenters. The molecule has 0 nitrogen and oxygen atoms in total. The van der Waals surface area contributed by atoms with Crippen LogP contribution in [0.5, 0.6) is 0 Å². The van der Waals surface area contributed by atoms with Crippen LogP contribution >= 0.6 is 16.8 Å². The van der Waals surface area contributed by atoms with Gasteiger partial charge in [-0.05, 0) is 51.4 Å². The van der Waals surface area contributed by atoms with E-state index in [4.69, 9.17) is 6.66 Å². The van der Waals surface area contributed by atoms with E-state index < -0.39 is 18.9 Å². The van der Waals surface area contributed by atoms with Crippen molar-refractivity contribution in [1.82, 2.24) is 0 Å². The first kappa shape index (κ1) is 20.8. The van der Waals surface area contributed by atoms with E-state index in [0.29, 0.717) is 11.3 Å². The molecule has 0 aromatic heterocycles. The number of halogens is 3. The van der Waals surface area contributed by atoms with Crippen LogP contribution in [0, 0.1) is 18.3 Å². The molecule has 0 heterocycles. The molecule has 0 unspecified atom stereocenters. The number of hydrogen-bond acceptors (Lipinski definition) is 0. The van der Waals surface area contributed by atoms with Crippen molar-refractivity contribution in [3.63, 3.8) is 0 Å². The van der Waals surface area contributed by atoms with Gasteiger partial charge in [-0.3, -0.25) is 0 Å². The van der Waals surface area contributed by atoms with Gasteiger partial charge < -0.3 is 0 Å². The molecular weight excluding hydrogens is 439 g/mol. The second kappa shape index (κ2) is 9.97. The number of hydrogen-bond donors (Lipinski definition) is 0. The van der Waals surface area contributed by atoms with Gasteiger partial charge in [-0.15, -0.1) is 0 Å². The summed E-state index contributed by atoms with van der Waals surface area (Å²) < 4.78 is 27.7. The third-order valence-corrected chi connectivity index (χ3v) is 10.6. The van der Waals surface area contributed by atoms with Crippen LogP contribution in [-0.2, 0) is 18.2 Å². The zero-order valence-corrected chi connectivity index (χ0v) is 17.3. The summed E-state index contributed by atoms with van der Waals surface area (Å²) in [5, 5.41) is 0.906. The Hall–Kier alpha value is 0.462. The first-order chi connectivity index (χ1) is 11.6. The number of rotatable bonds is 3. The van der Waals surface area contributed by atoms with E-state index in [0.717, 1.165) is 11.4 Å². The Labute approximate surface area is 160 Å². The summed E-state index contributed by atoms with van der Waals surface area (Å²) in [5.74, 6) is -0.871. The molecule has 0 bridgehead atoms. The van der Waals surface area contributed by atoms with E-state index in [1.165, 1.54) is 64.2 Å². The maximum atomic E-state index is 13.8. The Kier molecular flexibility index (Phi) is 8.63. The van der Waals surface area contributed by atoms with E-state index in [9.17, 15) is 8.78 Å². The van der Waals surface area contributed by atoms with Crippen molar-refractivity contribution in [2.24, 2.45) is 0 Å². The summed E-state index contributed by atoms with van der Waals surface area (Å²) in [6.07, 6.45) is 12.4. The molecule has 0 aliphatic heterocycles. The molecule has 1 aromatic carbocycles. The molecule has 2 aliphatic rings. The normalized spacial score (nSPS) is 20.4. The molecule has 0 spiro atoms. The molecule has 2 saturated carbocycles. The third-order valence-electron chi connectivity index (χ3n) is 5.78. The van der Waals surface area contributed by atoms with Crippen molar-refractivity contribution in [3.05, 3.63) is 36.5 Å². The van der Waals surface area contributed by atoms with Crippen molar-refractivity contribution in [2.45, 2.75) is 75.5 Å².